The second-order valence-electron chi connectivity index (χ2n) is 6.96. The zero-order chi connectivity index (χ0) is 18.2. The highest BCUT2D eigenvalue weighted by molar-refractivity contribution is 8.15. The number of thioether (sulfide) groups is 2. The molecule has 26 heavy (non-hydrogen) atoms. The third kappa shape index (κ3) is 5.49. The number of nitrogens with one attached hydrogen (secondary N) is 2. The van der Waals surface area contributed by atoms with Crippen molar-refractivity contribution in [1.82, 2.24) is 9.80 Å². The largest absolute Gasteiger partial charge is 0.320 e. The molecule has 0 aromatic rings. The lowest BCUT2D eigenvalue weighted by Crippen LogP contribution is -2.75. The van der Waals surface area contributed by atoms with E-state index in [1.165, 1.54) is 12.8 Å². The maximum Gasteiger partial charge on any atom is 0.320 e. The van der Waals surface area contributed by atoms with Gasteiger partial charge in [-0.2, -0.15) is 9.80 Å². The van der Waals surface area contributed by atoms with Crippen molar-refractivity contribution in [2.45, 2.75) is 51.4 Å². The average Bonchev–Trinajstić information content (AvgIpc) is 3.16. The van der Waals surface area contributed by atoms with Crippen LogP contribution < -0.4 is 9.98 Å². The maximum absolute atomic E-state index is 12.1. The first kappa shape index (κ1) is 19.7. The van der Waals surface area contributed by atoms with Gasteiger partial charge in [0.05, 0.1) is 26.2 Å². The lowest BCUT2D eigenvalue weighted by atomic mass is 10.2. The van der Waals surface area contributed by atoms with Crippen molar-refractivity contribution in [3.63, 3.8) is 0 Å². The number of nitrogens with zero attached hydrogens (tertiary/aromatic N) is 2. The van der Waals surface area contributed by atoms with E-state index in [-0.39, 0.29) is 11.8 Å². The molecule has 3 rings (SSSR count). The fourth-order valence-corrected chi connectivity index (χ4v) is 5.37. The molecule has 0 aromatic heterocycles. The summed E-state index contributed by atoms with van der Waals surface area (Å²) >= 11 is 3.28. The molecule has 3 heterocycles. The Labute approximate surface area is 164 Å². The molecule has 3 aliphatic heterocycles. The first-order valence-corrected chi connectivity index (χ1v) is 11.8. The van der Waals surface area contributed by atoms with Crippen LogP contribution in [0.5, 0.6) is 0 Å². The summed E-state index contributed by atoms with van der Waals surface area (Å²) in [7, 11) is 0. The van der Waals surface area contributed by atoms with Crippen LogP contribution in [0.15, 0.2) is 0 Å². The molecule has 0 aromatic carbocycles. The predicted molar refractivity (Wildman–Crippen MR) is 107 cm³/mol. The zero-order valence-electron chi connectivity index (χ0n) is 15.4. The predicted octanol–water partition coefficient (Wildman–Crippen LogP) is -0.855. The highest BCUT2D eigenvalue weighted by Crippen LogP contribution is 2.18. The van der Waals surface area contributed by atoms with Gasteiger partial charge in [-0.05, 0) is 74.9 Å². The monoisotopic (exact) mass is 398 g/mol. The molecule has 0 bridgehead atoms. The smallest absolute Gasteiger partial charge is 0.268 e. The van der Waals surface area contributed by atoms with Gasteiger partial charge in [0.15, 0.2) is 0 Å². The summed E-state index contributed by atoms with van der Waals surface area (Å²) in [6.07, 6.45) is 8.87. The van der Waals surface area contributed by atoms with E-state index in [4.69, 9.17) is 0 Å². The molecule has 0 atom stereocenters. The molecule has 2 N–H and O–H groups in total. The normalized spacial score (nSPS) is 24.5. The highest BCUT2D eigenvalue weighted by atomic mass is 32.2. The highest BCUT2D eigenvalue weighted by Gasteiger charge is 2.36. The van der Waals surface area contributed by atoms with Crippen LogP contribution in [0.2, 0.25) is 0 Å². The van der Waals surface area contributed by atoms with E-state index in [0.29, 0.717) is 11.5 Å². The Morgan fingerprint density at radius 3 is 1.50 bits per heavy atom. The quantitative estimate of drug-likeness (QED) is 0.558. The Kier molecular flexibility index (Phi) is 7.85. The summed E-state index contributed by atoms with van der Waals surface area (Å²) in [5, 5.41) is 2.11. The second-order valence-corrected chi connectivity index (χ2v) is 8.89. The van der Waals surface area contributed by atoms with Gasteiger partial charge in [-0.3, -0.25) is 9.98 Å². The van der Waals surface area contributed by atoms with Crippen LogP contribution in [-0.4, -0.2) is 69.6 Å². The van der Waals surface area contributed by atoms with Gasteiger partial charge in [0.1, 0.15) is 11.5 Å². The molecule has 144 valence electrons. The number of amides is 2. The van der Waals surface area contributed by atoms with Crippen molar-refractivity contribution in [1.29, 1.82) is 0 Å². The van der Waals surface area contributed by atoms with E-state index in [1.54, 1.807) is 23.5 Å². The fourth-order valence-electron chi connectivity index (χ4n) is 3.43. The average molecular weight is 399 g/mol. The van der Waals surface area contributed by atoms with E-state index in [2.05, 4.69) is 9.98 Å². The molecular formula is C18H30N4O2S2+2. The number of fused-ring (bicyclic) bond motifs is 2. The molecule has 6 nitrogen and oxygen atoms in total. The van der Waals surface area contributed by atoms with Crippen LogP contribution in [0.25, 0.3) is 0 Å². The standard InChI is InChI=1S/C18H28N4O2S2/c23-15-13-25-17-19-9-5-1-2-6-10-20-18-22(16(24)14-26-18)12-8-4-3-7-11-21(15)17/h1-14H2/p+2. The molecule has 0 spiro atoms. The van der Waals surface area contributed by atoms with E-state index in [0.717, 1.165) is 75.0 Å². The summed E-state index contributed by atoms with van der Waals surface area (Å²) in [5.41, 5.74) is 0. The first-order valence-electron chi connectivity index (χ1n) is 9.83. The van der Waals surface area contributed by atoms with Crippen LogP contribution in [0.1, 0.15) is 51.4 Å². The number of hydrogen-bond donors (Lipinski definition) is 2. The summed E-state index contributed by atoms with van der Waals surface area (Å²) in [5.74, 6) is 1.61. The van der Waals surface area contributed by atoms with Crippen LogP contribution in [0.3, 0.4) is 0 Å². The number of amidine groups is 2. The minimum atomic E-state index is 0.233. The van der Waals surface area contributed by atoms with Crippen molar-refractivity contribution >= 4 is 45.7 Å². The number of carbonyl (C=O) groups excluding carboxylic acids is 2. The molecule has 0 aliphatic carbocycles. The Hall–Kier alpha value is -1.02. The van der Waals surface area contributed by atoms with Crippen LogP contribution in [-0.2, 0) is 9.59 Å². The topological polar surface area (TPSA) is 68.6 Å². The van der Waals surface area contributed by atoms with Crippen molar-refractivity contribution in [2.24, 2.45) is 0 Å². The Bertz CT molecular complexity index is 530. The number of hydrogen-bond acceptors (Lipinski definition) is 4. The summed E-state index contributed by atoms with van der Waals surface area (Å²) in [6.45, 7) is 3.50. The third-order valence-electron chi connectivity index (χ3n) is 4.93. The molecular weight excluding hydrogens is 368 g/mol. The van der Waals surface area contributed by atoms with Crippen LogP contribution in [0.4, 0.5) is 0 Å². The van der Waals surface area contributed by atoms with Gasteiger partial charge in [-0.25, -0.2) is 9.59 Å². The third-order valence-corrected chi connectivity index (χ3v) is 6.99. The Morgan fingerprint density at radius 1 is 0.615 bits per heavy atom. The van der Waals surface area contributed by atoms with E-state index >= 15 is 0 Å². The SMILES string of the molecule is O=C1CSC2=[NH+]CCCCCC[NH+]=C3SCC(=O)N3CCCCCCN12. The Balaban J connectivity index is 1.55. The van der Waals surface area contributed by atoms with Gasteiger partial charge >= 0.3 is 22.1 Å². The van der Waals surface area contributed by atoms with E-state index in [9.17, 15) is 9.59 Å². The van der Waals surface area contributed by atoms with Crippen molar-refractivity contribution in [3.8, 4) is 0 Å². The van der Waals surface area contributed by atoms with Crippen LogP contribution in [0, 0.1) is 0 Å². The zero-order valence-corrected chi connectivity index (χ0v) is 17.1. The van der Waals surface area contributed by atoms with Crippen molar-refractivity contribution < 1.29 is 19.6 Å². The Morgan fingerprint density at radius 2 is 1.04 bits per heavy atom. The molecule has 2 fully saturated rings. The fraction of sp³-hybridized carbons (Fsp3) is 0.778. The summed E-state index contributed by atoms with van der Waals surface area (Å²) in [4.78, 5) is 35.0. The maximum atomic E-state index is 12.1. The van der Waals surface area contributed by atoms with Gasteiger partial charge in [-0.1, -0.05) is 0 Å². The lowest BCUT2D eigenvalue weighted by molar-refractivity contribution is -0.461. The van der Waals surface area contributed by atoms with Gasteiger partial charge < -0.3 is 0 Å². The van der Waals surface area contributed by atoms with Gasteiger partial charge in [0.2, 0.25) is 0 Å². The van der Waals surface area contributed by atoms with Gasteiger partial charge in [0, 0.05) is 0 Å². The molecule has 3 aliphatic rings. The first-order chi connectivity index (χ1) is 12.8. The molecule has 8 heteroatoms. The van der Waals surface area contributed by atoms with Gasteiger partial charge in [0.25, 0.3) is 0 Å². The van der Waals surface area contributed by atoms with Crippen LogP contribution >= 0.6 is 23.5 Å². The molecule has 2 saturated heterocycles. The minimum absolute atomic E-state index is 0.233. The molecule has 2 amide bonds. The summed E-state index contributed by atoms with van der Waals surface area (Å²) in [6, 6.07) is 0. The molecule has 0 radical (unpaired) electrons. The minimum Gasteiger partial charge on any atom is -0.268 e. The number of carbonyl (C=O) groups is 2. The van der Waals surface area contributed by atoms with E-state index < -0.39 is 0 Å². The molecule has 0 saturated carbocycles. The number of rotatable bonds is 0. The summed E-state index contributed by atoms with van der Waals surface area (Å²) < 4.78 is 0. The van der Waals surface area contributed by atoms with Crippen molar-refractivity contribution in [3.05, 3.63) is 0 Å². The molecule has 0 unspecified atom stereocenters. The second kappa shape index (κ2) is 10.3. The van der Waals surface area contributed by atoms with E-state index in [1.807, 2.05) is 9.80 Å². The van der Waals surface area contributed by atoms with Gasteiger partial charge in [-0.15, -0.1) is 0 Å². The van der Waals surface area contributed by atoms with Crippen molar-refractivity contribution in [2.75, 3.05) is 37.7 Å². The lowest BCUT2D eigenvalue weighted by Gasteiger charge is -2.10.